The van der Waals surface area contributed by atoms with Gasteiger partial charge in [0.1, 0.15) is 17.1 Å². The molecule has 1 unspecified atom stereocenters. The van der Waals surface area contributed by atoms with Crippen molar-refractivity contribution >= 4 is 17.2 Å². The predicted molar refractivity (Wildman–Crippen MR) is 94.5 cm³/mol. The highest BCUT2D eigenvalue weighted by molar-refractivity contribution is 5.95. The van der Waals surface area contributed by atoms with Gasteiger partial charge < -0.3 is 14.7 Å². The molecule has 1 saturated heterocycles. The van der Waals surface area contributed by atoms with Gasteiger partial charge in [-0.1, -0.05) is 0 Å². The minimum Gasteiger partial charge on any atom is -0.478 e. The van der Waals surface area contributed by atoms with E-state index < -0.39 is 18.4 Å². The number of carboxylic acids is 1. The average molecular weight is 391 g/mol. The van der Waals surface area contributed by atoms with Crippen LogP contribution in [0.25, 0.3) is 5.52 Å². The molecule has 0 spiro atoms. The molecular weight excluding hydrogens is 375 g/mol. The van der Waals surface area contributed by atoms with E-state index in [0.29, 0.717) is 24.2 Å². The van der Waals surface area contributed by atoms with Crippen LogP contribution in [-0.2, 0) is 0 Å². The summed E-state index contributed by atoms with van der Waals surface area (Å²) < 4.78 is 45.3. The van der Waals surface area contributed by atoms with E-state index in [2.05, 4.69) is 9.84 Å². The smallest absolute Gasteiger partial charge is 0.387 e. The number of alkyl halides is 2. The van der Waals surface area contributed by atoms with Crippen molar-refractivity contribution in [3.8, 4) is 5.75 Å². The Morgan fingerprint density at radius 3 is 2.86 bits per heavy atom. The van der Waals surface area contributed by atoms with Gasteiger partial charge in [0.2, 0.25) is 0 Å². The van der Waals surface area contributed by atoms with Crippen molar-refractivity contribution < 1.29 is 27.8 Å². The number of fused-ring (bicyclic) bond motifs is 1. The Hall–Kier alpha value is -3.23. The minimum atomic E-state index is -2.99. The highest BCUT2D eigenvalue weighted by atomic mass is 19.3. The number of hydrogen-bond acceptors (Lipinski definition) is 4. The summed E-state index contributed by atoms with van der Waals surface area (Å²) in [5, 5.41) is 13.3. The maximum absolute atomic E-state index is 14.5. The topological polar surface area (TPSA) is 67.1 Å². The second-order valence-electron chi connectivity index (χ2n) is 6.49. The van der Waals surface area contributed by atoms with Crippen molar-refractivity contribution in [1.29, 1.82) is 0 Å². The molecule has 4 rings (SSSR count). The number of rotatable bonds is 5. The molecule has 0 amide bonds. The van der Waals surface area contributed by atoms with Gasteiger partial charge in [-0.05, 0) is 43.2 Å². The van der Waals surface area contributed by atoms with Gasteiger partial charge in [0.25, 0.3) is 0 Å². The van der Waals surface area contributed by atoms with Crippen LogP contribution in [0.5, 0.6) is 5.75 Å². The summed E-state index contributed by atoms with van der Waals surface area (Å²) in [5.41, 5.74) is 1.46. The summed E-state index contributed by atoms with van der Waals surface area (Å²) in [7, 11) is 0. The molecule has 1 atom stereocenters. The van der Waals surface area contributed by atoms with E-state index in [0.717, 1.165) is 12.5 Å². The fraction of sp³-hybridized carbons (Fsp3) is 0.263. The van der Waals surface area contributed by atoms with E-state index in [4.69, 9.17) is 0 Å². The lowest BCUT2D eigenvalue weighted by Crippen LogP contribution is -2.23. The largest absolute Gasteiger partial charge is 0.478 e. The average Bonchev–Trinajstić information content (AvgIpc) is 3.29. The van der Waals surface area contributed by atoms with E-state index in [1.807, 2.05) is 4.90 Å². The van der Waals surface area contributed by atoms with Crippen molar-refractivity contribution in [2.75, 3.05) is 11.4 Å². The molecule has 1 aromatic carbocycles. The number of hydrogen-bond donors (Lipinski definition) is 1. The van der Waals surface area contributed by atoms with Gasteiger partial charge in [0.15, 0.2) is 0 Å². The van der Waals surface area contributed by atoms with Crippen LogP contribution in [-0.4, -0.2) is 33.8 Å². The highest BCUT2D eigenvalue weighted by Gasteiger charge is 2.29. The number of pyridine rings is 1. The molecule has 1 aliphatic heterocycles. The standard InChI is InChI=1S/C19H16F3N3O3/c20-15-4-3-12(28-19(21)22)9-13(15)16-2-1-6-24(16)11-5-7-25-17(8-11)14(10-23-25)18(26)27/h3-5,7-10,16,19H,1-2,6H2,(H,26,27). The lowest BCUT2D eigenvalue weighted by Gasteiger charge is -2.28. The maximum Gasteiger partial charge on any atom is 0.387 e. The maximum atomic E-state index is 14.5. The van der Waals surface area contributed by atoms with Crippen molar-refractivity contribution in [2.24, 2.45) is 0 Å². The fourth-order valence-electron chi connectivity index (χ4n) is 3.67. The minimum absolute atomic E-state index is 0.0658. The SMILES string of the molecule is O=C(O)c1cnn2ccc(N3CCCC3c3cc(OC(F)F)ccc3F)cc12. The quantitative estimate of drug-likeness (QED) is 0.709. The van der Waals surface area contributed by atoms with Crippen molar-refractivity contribution in [3.63, 3.8) is 0 Å². The number of aromatic nitrogens is 2. The summed E-state index contributed by atoms with van der Waals surface area (Å²) in [4.78, 5) is 13.3. The molecule has 1 aliphatic rings. The molecule has 6 nitrogen and oxygen atoms in total. The molecule has 0 saturated carbocycles. The molecule has 1 N–H and O–H groups in total. The molecule has 146 valence electrons. The van der Waals surface area contributed by atoms with Gasteiger partial charge in [0.05, 0.1) is 17.8 Å². The molecule has 9 heteroatoms. The van der Waals surface area contributed by atoms with Crippen molar-refractivity contribution in [1.82, 2.24) is 9.61 Å². The Labute approximate surface area is 157 Å². The Balaban J connectivity index is 1.72. The second-order valence-corrected chi connectivity index (χ2v) is 6.49. The molecule has 0 bridgehead atoms. The first-order valence-corrected chi connectivity index (χ1v) is 8.65. The van der Waals surface area contributed by atoms with Crippen molar-refractivity contribution in [3.05, 3.63) is 59.7 Å². The molecule has 1 fully saturated rings. The second kappa shape index (κ2) is 7.06. The number of carbonyl (C=O) groups is 1. The molecule has 0 aliphatic carbocycles. The molecule has 3 aromatic rings. The number of halogens is 3. The third-order valence-corrected chi connectivity index (χ3v) is 4.87. The lowest BCUT2D eigenvalue weighted by atomic mass is 10.0. The van der Waals surface area contributed by atoms with E-state index >= 15 is 0 Å². The van der Waals surface area contributed by atoms with Crippen LogP contribution in [0.1, 0.15) is 34.8 Å². The van der Waals surface area contributed by atoms with E-state index in [1.54, 1.807) is 18.3 Å². The Bertz CT molecular complexity index is 1040. The molecule has 3 heterocycles. The summed E-state index contributed by atoms with van der Waals surface area (Å²) in [6.07, 6.45) is 4.32. The third-order valence-electron chi connectivity index (χ3n) is 4.87. The van der Waals surface area contributed by atoms with Crippen LogP contribution in [0.4, 0.5) is 18.9 Å². The summed E-state index contributed by atoms with van der Waals surface area (Å²) in [6, 6.07) is 6.66. The van der Waals surface area contributed by atoms with Gasteiger partial charge >= 0.3 is 12.6 Å². The summed E-state index contributed by atoms with van der Waals surface area (Å²) in [5.74, 6) is -1.69. The summed E-state index contributed by atoms with van der Waals surface area (Å²) in [6.45, 7) is -2.37. The van der Waals surface area contributed by atoms with E-state index in [1.165, 1.54) is 22.8 Å². The number of anilines is 1. The highest BCUT2D eigenvalue weighted by Crippen LogP contribution is 2.39. The Kier molecular flexibility index (Phi) is 4.58. The summed E-state index contributed by atoms with van der Waals surface area (Å²) >= 11 is 0. The third kappa shape index (κ3) is 3.23. The first kappa shape index (κ1) is 18.1. The van der Waals surface area contributed by atoms with Gasteiger partial charge in [-0.2, -0.15) is 13.9 Å². The first-order chi connectivity index (χ1) is 13.4. The molecule has 28 heavy (non-hydrogen) atoms. The molecule has 2 aromatic heterocycles. The normalized spacial score (nSPS) is 16.9. The van der Waals surface area contributed by atoms with Crippen LogP contribution in [0.3, 0.4) is 0 Å². The first-order valence-electron chi connectivity index (χ1n) is 8.65. The zero-order valence-corrected chi connectivity index (χ0v) is 14.6. The van der Waals surface area contributed by atoms with Crippen LogP contribution < -0.4 is 9.64 Å². The Morgan fingerprint density at radius 1 is 1.29 bits per heavy atom. The van der Waals surface area contributed by atoms with Crippen LogP contribution in [0.15, 0.2) is 42.7 Å². The predicted octanol–water partition coefficient (Wildman–Crippen LogP) is 4.11. The van der Waals surface area contributed by atoms with Crippen LogP contribution >= 0.6 is 0 Å². The van der Waals surface area contributed by atoms with Crippen LogP contribution in [0.2, 0.25) is 0 Å². The van der Waals surface area contributed by atoms with Gasteiger partial charge in [-0.3, -0.25) is 0 Å². The molecule has 0 radical (unpaired) electrons. The van der Waals surface area contributed by atoms with Gasteiger partial charge in [-0.15, -0.1) is 0 Å². The van der Waals surface area contributed by atoms with Gasteiger partial charge in [-0.25, -0.2) is 13.7 Å². The number of carboxylic acid groups (broad SMARTS) is 1. The monoisotopic (exact) mass is 391 g/mol. The Morgan fingerprint density at radius 2 is 2.11 bits per heavy atom. The van der Waals surface area contributed by atoms with E-state index in [-0.39, 0.29) is 22.9 Å². The fourth-order valence-corrected chi connectivity index (χ4v) is 3.67. The number of aromatic carboxylic acids is 1. The zero-order chi connectivity index (χ0) is 19.8. The lowest BCUT2D eigenvalue weighted by molar-refractivity contribution is -0.0499. The van der Waals surface area contributed by atoms with Crippen LogP contribution in [0, 0.1) is 5.82 Å². The number of ether oxygens (including phenoxy) is 1. The van der Waals surface area contributed by atoms with Crippen molar-refractivity contribution in [2.45, 2.75) is 25.5 Å². The molecular formula is C19H16F3N3O3. The zero-order valence-electron chi connectivity index (χ0n) is 14.6. The number of nitrogens with zero attached hydrogens (tertiary/aromatic N) is 3. The number of benzene rings is 1. The van der Waals surface area contributed by atoms with Gasteiger partial charge in [0, 0.05) is 24.0 Å². The van der Waals surface area contributed by atoms with E-state index in [9.17, 15) is 23.1 Å².